The Labute approximate surface area is 195 Å². The van der Waals surface area contributed by atoms with Gasteiger partial charge in [0.15, 0.2) is 0 Å². The maximum Gasteiger partial charge on any atom is 0.295 e. The Morgan fingerprint density at radius 2 is 1.78 bits per heavy atom. The number of rotatable bonds is 6. The number of ether oxygens (including phenoxy) is 2. The van der Waals surface area contributed by atoms with Gasteiger partial charge in [-0.3, -0.25) is 14.5 Å². The van der Waals surface area contributed by atoms with Gasteiger partial charge in [-0.25, -0.2) is 0 Å². The first-order chi connectivity index (χ1) is 15.5. The van der Waals surface area contributed by atoms with Gasteiger partial charge in [0.1, 0.15) is 11.5 Å². The van der Waals surface area contributed by atoms with Crippen LogP contribution in [0.4, 0.5) is 0 Å². The largest absolute Gasteiger partial charge is 0.507 e. The molecule has 7 nitrogen and oxygen atoms in total. The zero-order valence-electron chi connectivity index (χ0n) is 17.8. The van der Waals surface area contributed by atoms with Gasteiger partial charge in [0, 0.05) is 41.8 Å². The number of para-hydroxylation sites is 1. The summed E-state index contributed by atoms with van der Waals surface area (Å²) in [7, 11) is 1.55. The van der Waals surface area contributed by atoms with E-state index in [1.54, 1.807) is 42.3 Å². The number of nitrogens with zero attached hydrogens (tertiary/aromatic N) is 2. The normalized spacial score (nSPS) is 21.2. The molecule has 0 saturated carbocycles. The quantitative estimate of drug-likeness (QED) is 0.372. The highest BCUT2D eigenvalue weighted by molar-refractivity contribution is 9.10. The van der Waals surface area contributed by atoms with Crippen molar-refractivity contribution >= 4 is 33.4 Å². The number of amides is 1. The van der Waals surface area contributed by atoms with E-state index < -0.39 is 17.7 Å². The van der Waals surface area contributed by atoms with Crippen molar-refractivity contribution in [3.63, 3.8) is 0 Å². The molecular formula is C24H25BrN2O5. The van der Waals surface area contributed by atoms with E-state index in [1.165, 1.54) is 0 Å². The topological polar surface area (TPSA) is 79.3 Å². The van der Waals surface area contributed by atoms with Crippen molar-refractivity contribution in [3.05, 3.63) is 69.7 Å². The fourth-order valence-electron chi connectivity index (χ4n) is 4.16. The number of carbonyl (C=O) groups is 2. The van der Waals surface area contributed by atoms with Crippen LogP contribution in [0.5, 0.6) is 5.75 Å². The van der Waals surface area contributed by atoms with Crippen LogP contribution in [0.25, 0.3) is 5.76 Å². The number of hydrogen-bond donors (Lipinski definition) is 1. The molecule has 1 unspecified atom stereocenters. The molecule has 2 fully saturated rings. The number of methoxy groups -OCH3 is 1. The van der Waals surface area contributed by atoms with Crippen molar-refractivity contribution < 1.29 is 24.2 Å². The average Bonchev–Trinajstić information content (AvgIpc) is 3.08. The molecule has 1 atom stereocenters. The van der Waals surface area contributed by atoms with Crippen molar-refractivity contribution in [3.8, 4) is 5.75 Å². The van der Waals surface area contributed by atoms with Crippen LogP contribution in [0.2, 0.25) is 0 Å². The van der Waals surface area contributed by atoms with Crippen LogP contribution in [-0.4, -0.2) is 73.1 Å². The van der Waals surface area contributed by atoms with Crippen molar-refractivity contribution in [1.29, 1.82) is 0 Å². The minimum atomic E-state index is -0.740. The van der Waals surface area contributed by atoms with Gasteiger partial charge in [0.05, 0.1) is 31.9 Å². The first kappa shape index (κ1) is 22.5. The minimum Gasteiger partial charge on any atom is -0.507 e. The summed E-state index contributed by atoms with van der Waals surface area (Å²) in [5.74, 6) is -0.950. The molecule has 1 amide bonds. The lowest BCUT2D eigenvalue weighted by Crippen LogP contribution is -2.42. The standard InChI is InChI=1S/C24H25BrN2O5/c1-31-19-5-3-2-4-18(19)21-20(22(28)16-6-8-17(25)9-7-16)23(29)24(30)27(21)11-10-26-12-14-32-15-13-26/h2-9,21,28H,10-15H2,1H3/b22-20+. The molecule has 32 heavy (non-hydrogen) atoms. The summed E-state index contributed by atoms with van der Waals surface area (Å²) in [6.07, 6.45) is 0. The molecule has 0 aromatic heterocycles. The van der Waals surface area contributed by atoms with Gasteiger partial charge in [-0.15, -0.1) is 0 Å². The van der Waals surface area contributed by atoms with E-state index in [1.807, 2.05) is 18.2 Å². The predicted octanol–water partition coefficient (Wildman–Crippen LogP) is 3.21. The van der Waals surface area contributed by atoms with Crippen molar-refractivity contribution in [2.24, 2.45) is 0 Å². The van der Waals surface area contributed by atoms with Gasteiger partial charge in [0.2, 0.25) is 0 Å². The van der Waals surface area contributed by atoms with E-state index in [0.717, 1.165) is 17.6 Å². The van der Waals surface area contributed by atoms with Gasteiger partial charge >= 0.3 is 0 Å². The number of Topliss-reactive ketones (excluding diaryl/α,β-unsaturated/α-hetero) is 1. The number of morpholine rings is 1. The summed E-state index contributed by atoms with van der Waals surface area (Å²) in [4.78, 5) is 30.0. The summed E-state index contributed by atoms with van der Waals surface area (Å²) in [6.45, 7) is 3.83. The smallest absolute Gasteiger partial charge is 0.295 e. The number of likely N-dealkylation sites (tertiary alicyclic amines) is 1. The Hall–Kier alpha value is -2.68. The third-order valence-electron chi connectivity index (χ3n) is 5.85. The molecule has 1 N–H and O–H groups in total. The highest BCUT2D eigenvalue weighted by Gasteiger charge is 2.47. The summed E-state index contributed by atoms with van der Waals surface area (Å²) in [5, 5.41) is 11.1. The third-order valence-corrected chi connectivity index (χ3v) is 6.38. The van der Waals surface area contributed by atoms with E-state index in [2.05, 4.69) is 20.8 Å². The number of benzene rings is 2. The van der Waals surface area contributed by atoms with Crippen LogP contribution in [0.3, 0.4) is 0 Å². The third kappa shape index (κ3) is 4.44. The Balaban J connectivity index is 1.77. The van der Waals surface area contributed by atoms with Gasteiger partial charge in [0.25, 0.3) is 11.7 Å². The lowest BCUT2D eigenvalue weighted by Gasteiger charge is -2.31. The first-order valence-corrected chi connectivity index (χ1v) is 11.3. The number of carbonyl (C=O) groups excluding carboxylic acids is 2. The maximum atomic E-state index is 13.1. The molecule has 0 spiro atoms. The number of aliphatic hydroxyl groups excluding tert-OH is 1. The van der Waals surface area contributed by atoms with E-state index in [-0.39, 0.29) is 11.3 Å². The molecule has 4 rings (SSSR count). The Morgan fingerprint density at radius 1 is 1.09 bits per heavy atom. The second-order valence-corrected chi connectivity index (χ2v) is 8.61. The molecule has 0 radical (unpaired) electrons. The molecule has 2 saturated heterocycles. The minimum absolute atomic E-state index is 0.0730. The average molecular weight is 501 g/mol. The molecule has 0 aliphatic carbocycles. The van der Waals surface area contributed by atoms with Gasteiger partial charge in [-0.2, -0.15) is 0 Å². The highest BCUT2D eigenvalue weighted by Crippen LogP contribution is 2.42. The van der Waals surface area contributed by atoms with E-state index in [0.29, 0.717) is 43.2 Å². The number of ketones is 1. The zero-order valence-corrected chi connectivity index (χ0v) is 19.4. The van der Waals surface area contributed by atoms with Crippen LogP contribution in [0.1, 0.15) is 17.2 Å². The molecule has 8 heteroatoms. The highest BCUT2D eigenvalue weighted by atomic mass is 79.9. The van der Waals surface area contributed by atoms with Gasteiger partial charge in [-0.05, 0) is 18.2 Å². The molecule has 0 bridgehead atoms. The summed E-state index contributed by atoms with van der Waals surface area (Å²) >= 11 is 3.38. The van der Waals surface area contributed by atoms with Crippen LogP contribution >= 0.6 is 15.9 Å². The van der Waals surface area contributed by atoms with Crippen LogP contribution in [-0.2, 0) is 14.3 Å². The fraction of sp³-hybridized carbons (Fsp3) is 0.333. The number of hydrogen-bond acceptors (Lipinski definition) is 6. The molecule has 2 aromatic rings. The zero-order chi connectivity index (χ0) is 22.7. The monoisotopic (exact) mass is 500 g/mol. The molecule has 2 aliphatic heterocycles. The SMILES string of the molecule is COc1ccccc1C1/C(=C(\O)c2ccc(Br)cc2)C(=O)C(=O)N1CCN1CCOCC1. The second kappa shape index (κ2) is 9.85. The van der Waals surface area contributed by atoms with Crippen molar-refractivity contribution in [2.45, 2.75) is 6.04 Å². The summed E-state index contributed by atoms with van der Waals surface area (Å²) in [5.41, 5.74) is 1.21. The van der Waals surface area contributed by atoms with Crippen LogP contribution < -0.4 is 4.74 Å². The Morgan fingerprint density at radius 3 is 2.47 bits per heavy atom. The molecule has 168 valence electrons. The summed E-state index contributed by atoms with van der Waals surface area (Å²) < 4.78 is 11.8. The van der Waals surface area contributed by atoms with Crippen LogP contribution in [0, 0.1) is 0 Å². The van der Waals surface area contributed by atoms with Gasteiger partial charge < -0.3 is 19.5 Å². The van der Waals surface area contributed by atoms with Crippen LogP contribution in [0.15, 0.2) is 58.6 Å². The van der Waals surface area contributed by atoms with E-state index in [9.17, 15) is 14.7 Å². The van der Waals surface area contributed by atoms with Gasteiger partial charge in [-0.1, -0.05) is 46.3 Å². The first-order valence-electron chi connectivity index (χ1n) is 10.5. The molecular weight excluding hydrogens is 476 g/mol. The lowest BCUT2D eigenvalue weighted by molar-refractivity contribution is -0.140. The predicted molar refractivity (Wildman–Crippen MR) is 123 cm³/mol. The van der Waals surface area contributed by atoms with Crippen molar-refractivity contribution in [2.75, 3.05) is 46.5 Å². The van der Waals surface area contributed by atoms with Crippen molar-refractivity contribution in [1.82, 2.24) is 9.80 Å². The summed E-state index contributed by atoms with van der Waals surface area (Å²) in [6, 6.07) is 13.5. The maximum absolute atomic E-state index is 13.1. The number of halogens is 1. The van der Waals surface area contributed by atoms with E-state index in [4.69, 9.17) is 9.47 Å². The molecule has 2 aliphatic rings. The van der Waals surface area contributed by atoms with E-state index >= 15 is 0 Å². The second-order valence-electron chi connectivity index (χ2n) is 7.70. The number of aliphatic hydroxyl groups is 1. The molecule has 2 heterocycles. The Kier molecular flexibility index (Phi) is 6.93. The fourth-order valence-corrected chi connectivity index (χ4v) is 4.43. The Bertz CT molecular complexity index is 1030. The molecule has 2 aromatic carbocycles. The lowest BCUT2D eigenvalue weighted by atomic mass is 9.94.